The maximum absolute atomic E-state index is 11.5. The molecule has 1 aliphatic heterocycles. The number of carboxylic acid groups (broad SMARTS) is 1. The van der Waals surface area contributed by atoms with Crippen molar-refractivity contribution < 1.29 is 24.2 Å². The Labute approximate surface area is 99.0 Å². The average molecular weight is 264 g/mol. The first kappa shape index (κ1) is 14.2. The highest BCUT2D eigenvalue weighted by Gasteiger charge is 2.36. The highest BCUT2D eigenvalue weighted by atomic mass is 31.2. The van der Waals surface area contributed by atoms with E-state index in [0.717, 1.165) is 0 Å². The number of nitrogens with two attached hydrogens (primary N) is 1. The lowest BCUT2D eigenvalue weighted by Gasteiger charge is -2.24. The number of rotatable bonds is 5. The summed E-state index contributed by atoms with van der Waals surface area (Å²) in [6, 6.07) is -1.41. The summed E-state index contributed by atoms with van der Waals surface area (Å²) < 4.78 is 11.1. The van der Waals surface area contributed by atoms with Gasteiger partial charge in [0.05, 0.1) is 0 Å². The van der Waals surface area contributed by atoms with Crippen molar-refractivity contribution in [2.75, 3.05) is 19.4 Å². The molecule has 7 nitrogen and oxygen atoms in total. The Balaban J connectivity index is 2.70. The largest absolute Gasteiger partial charge is 0.480 e. The highest BCUT2D eigenvalue weighted by molar-refractivity contribution is 7.57. The van der Waals surface area contributed by atoms with Crippen LogP contribution in [0.1, 0.15) is 12.8 Å². The van der Waals surface area contributed by atoms with Gasteiger partial charge in [-0.15, -0.1) is 0 Å². The van der Waals surface area contributed by atoms with Gasteiger partial charge in [0, 0.05) is 31.8 Å². The first-order valence-electron chi connectivity index (χ1n) is 5.28. The Bertz CT molecular complexity index is 366. The molecular weight excluding hydrogens is 247 g/mol. The summed E-state index contributed by atoms with van der Waals surface area (Å²) in [5.41, 5.74) is 5.58. The lowest BCUT2D eigenvalue weighted by molar-refractivity contribution is -0.148. The van der Waals surface area contributed by atoms with Gasteiger partial charge in [0.15, 0.2) is 7.37 Å². The summed E-state index contributed by atoms with van der Waals surface area (Å²) in [7, 11) is -3.27. The van der Waals surface area contributed by atoms with Crippen LogP contribution in [0.4, 0.5) is 0 Å². The Kier molecular flexibility index (Phi) is 4.30. The van der Waals surface area contributed by atoms with E-state index in [2.05, 4.69) is 0 Å². The van der Waals surface area contributed by atoms with E-state index in [1.807, 2.05) is 0 Å². The maximum Gasteiger partial charge on any atom is 0.326 e. The number of hydrogen-bond donors (Lipinski definition) is 3. The van der Waals surface area contributed by atoms with E-state index < -0.39 is 19.4 Å². The highest BCUT2D eigenvalue weighted by Crippen LogP contribution is 2.36. The zero-order valence-corrected chi connectivity index (χ0v) is 10.5. The molecule has 1 heterocycles. The minimum Gasteiger partial charge on any atom is -0.480 e. The van der Waals surface area contributed by atoms with Crippen molar-refractivity contribution in [2.45, 2.75) is 24.9 Å². The van der Waals surface area contributed by atoms with Gasteiger partial charge in [-0.3, -0.25) is 9.36 Å². The van der Waals surface area contributed by atoms with Crippen molar-refractivity contribution in [2.24, 2.45) is 5.73 Å². The normalized spacial score (nSPS) is 25.7. The molecule has 3 unspecified atom stereocenters. The molecule has 1 rings (SSSR count). The molecule has 1 amide bonds. The third-order valence-electron chi connectivity index (χ3n) is 2.67. The van der Waals surface area contributed by atoms with Crippen molar-refractivity contribution in [1.82, 2.24) is 4.90 Å². The number of aliphatic carboxylic acids is 1. The molecule has 4 N–H and O–H groups in total. The van der Waals surface area contributed by atoms with E-state index in [0.29, 0.717) is 0 Å². The first-order chi connectivity index (χ1) is 7.70. The van der Waals surface area contributed by atoms with Gasteiger partial charge >= 0.3 is 5.97 Å². The predicted molar refractivity (Wildman–Crippen MR) is 61.0 cm³/mol. The fraction of sp³-hybridized carbons (Fsp3) is 0.778. The molecule has 1 saturated heterocycles. The van der Waals surface area contributed by atoms with Gasteiger partial charge < -0.3 is 20.6 Å². The van der Waals surface area contributed by atoms with Gasteiger partial charge in [-0.2, -0.15) is 0 Å². The summed E-state index contributed by atoms with van der Waals surface area (Å²) in [5.74, 6) is -1.48. The fourth-order valence-corrected chi connectivity index (χ4v) is 2.56. The smallest absolute Gasteiger partial charge is 0.326 e. The number of carbonyl (C=O) groups is 2. The number of amides is 1. The van der Waals surface area contributed by atoms with Gasteiger partial charge in [-0.05, 0) is 6.42 Å². The van der Waals surface area contributed by atoms with Crippen LogP contribution in [0.15, 0.2) is 0 Å². The Morgan fingerprint density at radius 3 is 2.65 bits per heavy atom. The van der Waals surface area contributed by atoms with Crippen molar-refractivity contribution in [1.29, 1.82) is 0 Å². The number of carbonyl (C=O) groups excluding carboxylic acids is 1. The molecule has 0 aromatic rings. The monoisotopic (exact) mass is 264 g/mol. The molecule has 0 radical (unpaired) electrons. The van der Waals surface area contributed by atoms with E-state index in [-0.39, 0.29) is 37.5 Å². The van der Waals surface area contributed by atoms with Crippen molar-refractivity contribution in [3.63, 3.8) is 0 Å². The second-order valence-electron chi connectivity index (χ2n) is 4.43. The van der Waals surface area contributed by atoms with E-state index in [4.69, 9.17) is 15.7 Å². The van der Waals surface area contributed by atoms with Crippen LogP contribution in [-0.2, 0) is 14.2 Å². The van der Waals surface area contributed by atoms with Crippen LogP contribution in [0.5, 0.6) is 0 Å². The Morgan fingerprint density at radius 1 is 1.71 bits per heavy atom. The number of likely N-dealkylation sites (tertiary alicyclic amines) is 1. The molecule has 1 aliphatic rings. The molecule has 0 aliphatic carbocycles. The molecule has 0 aromatic carbocycles. The predicted octanol–water partition coefficient (Wildman–Crippen LogP) is -0.710. The van der Waals surface area contributed by atoms with Gasteiger partial charge in [0.25, 0.3) is 0 Å². The van der Waals surface area contributed by atoms with Crippen LogP contribution in [0.2, 0.25) is 0 Å². The Hall–Kier alpha value is -0.910. The van der Waals surface area contributed by atoms with Gasteiger partial charge in [-0.25, -0.2) is 4.79 Å². The van der Waals surface area contributed by atoms with Crippen molar-refractivity contribution in [3.05, 3.63) is 0 Å². The quantitative estimate of drug-likeness (QED) is 0.564. The summed E-state index contributed by atoms with van der Waals surface area (Å²) in [4.78, 5) is 32.9. The van der Waals surface area contributed by atoms with E-state index in [1.165, 1.54) is 11.6 Å². The minimum atomic E-state index is -3.27. The first-order valence-corrected chi connectivity index (χ1v) is 7.57. The zero-order chi connectivity index (χ0) is 13.2. The summed E-state index contributed by atoms with van der Waals surface area (Å²) in [6.07, 6.45) is -0.0201. The van der Waals surface area contributed by atoms with Gasteiger partial charge in [0.2, 0.25) is 5.91 Å². The zero-order valence-electron chi connectivity index (χ0n) is 9.57. The third kappa shape index (κ3) is 4.11. The summed E-state index contributed by atoms with van der Waals surface area (Å²) in [5, 5.41) is 9.03. The third-order valence-corrected chi connectivity index (χ3v) is 3.76. The fourth-order valence-electron chi connectivity index (χ4n) is 1.84. The second-order valence-corrected chi connectivity index (χ2v) is 6.98. The molecule has 17 heavy (non-hydrogen) atoms. The van der Waals surface area contributed by atoms with Crippen LogP contribution >= 0.6 is 7.37 Å². The molecule has 0 aromatic heterocycles. The summed E-state index contributed by atoms with van der Waals surface area (Å²) in [6.45, 7) is 1.36. The Morgan fingerprint density at radius 2 is 2.29 bits per heavy atom. The van der Waals surface area contributed by atoms with Crippen LogP contribution in [0.25, 0.3) is 0 Å². The van der Waals surface area contributed by atoms with Crippen LogP contribution in [0, 0.1) is 0 Å². The molecule has 3 atom stereocenters. The number of carboxylic acids is 1. The van der Waals surface area contributed by atoms with Gasteiger partial charge in [-0.1, -0.05) is 0 Å². The molecular formula is C9H17N2O5P. The van der Waals surface area contributed by atoms with Crippen LogP contribution in [-0.4, -0.2) is 58.2 Å². The number of hydrogen-bond acceptors (Lipinski definition) is 4. The molecule has 0 spiro atoms. The van der Waals surface area contributed by atoms with Crippen LogP contribution < -0.4 is 5.73 Å². The molecule has 0 saturated carbocycles. The maximum atomic E-state index is 11.5. The lowest BCUT2D eigenvalue weighted by atomic mass is 10.2. The minimum absolute atomic E-state index is 0.0297. The topological polar surface area (TPSA) is 121 Å². The average Bonchev–Trinajstić information content (AvgIpc) is 2.43. The number of nitrogens with zero attached hydrogens (tertiary/aromatic N) is 1. The van der Waals surface area contributed by atoms with E-state index in [9.17, 15) is 14.2 Å². The van der Waals surface area contributed by atoms with Crippen molar-refractivity contribution >= 4 is 19.2 Å². The molecule has 98 valence electrons. The molecule has 0 bridgehead atoms. The summed E-state index contributed by atoms with van der Waals surface area (Å²) >= 11 is 0. The second kappa shape index (κ2) is 5.16. The molecule has 1 fully saturated rings. The van der Waals surface area contributed by atoms with Gasteiger partial charge in [0.1, 0.15) is 6.04 Å². The molecule has 8 heteroatoms. The standard InChI is InChI=1S/C9H17N2O5P/c1-17(15,16)3-2-7(9(13)14)11-5-6(10)4-8(11)12/h6-7H,2-5,10H2,1H3,(H,13,14)(H,15,16). The van der Waals surface area contributed by atoms with Crippen LogP contribution in [0.3, 0.4) is 0 Å². The van der Waals surface area contributed by atoms with E-state index in [1.54, 1.807) is 0 Å². The lowest BCUT2D eigenvalue weighted by Crippen LogP contribution is -2.43. The van der Waals surface area contributed by atoms with E-state index >= 15 is 0 Å². The van der Waals surface area contributed by atoms with Crippen molar-refractivity contribution in [3.8, 4) is 0 Å². The SMILES string of the molecule is CP(=O)(O)CCC(C(=O)O)N1CC(N)CC1=O.